The largest absolute Gasteiger partial charge is 0.497 e. The van der Waals surface area contributed by atoms with Crippen LogP contribution in [0.3, 0.4) is 0 Å². The zero-order valence-electron chi connectivity index (χ0n) is 16.4. The van der Waals surface area contributed by atoms with Crippen molar-refractivity contribution in [1.82, 2.24) is 4.90 Å². The van der Waals surface area contributed by atoms with Crippen molar-refractivity contribution in [3.8, 4) is 5.75 Å². The summed E-state index contributed by atoms with van der Waals surface area (Å²) in [6.07, 6.45) is 0. The summed E-state index contributed by atoms with van der Waals surface area (Å²) in [6, 6.07) is 14.2. The first-order chi connectivity index (χ1) is 14.1. The van der Waals surface area contributed by atoms with Crippen LogP contribution >= 0.6 is 0 Å². The van der Waals surface area contributed by atoms with Gasteiger partial charge in [-0.15, -0.1) is 0 Å². The zero-order valence-corrected chi connectivity index (χ0v) is 16.4. The SMILES string of the molecule is COCC(=O)N1[C@@H](CO)[C@@H]2c3ccccc3N(C(=O)c3cccc(OC)c3)C[C@@H]21. The fourth-order valence-electron chi connectivity index (χ4n) is 4.54. The Balaban J connectivity index is 1.71. The Labute approximate surface area is 169 Å². The number of nitrogens with zero attached hydrogens (tertiary/aromatic N) is 2. The number of anilines is 1. The number of benzene rings is 2. The highest BCUT2D eigenvalue weighted by Crippen LogP contribution is 2.48. The van der Waals surface area contributed by atoms with Crippen molar-refractivity contribution in [2.45, 2.75) is 18.0 Å². The predicted octanol–water partition coefficient (Wildman–Crippen LogP) is 1.66. The number of carbonyl (C=O) groups is 2. The maximum absolute atomic E-state index is 13.4. The van der Waals surface area contributed by atoms with Crippen LogP contribution in [0, 0.1) is 0 Å². The second-order valence-electron chi connectivity index (χ2n) is 7.28. The Morgan fingerprint density at radius 2 is 1.93 bits per heavy atom. The Bertz CT molecular complexity index is 931. The molecule has 2 heterocycles. The van der Waals surface area contributed by atoms with E-state index in [1.54, 1.807) is 41.2 Å². The lowest BCUT2D eigenvalue weighted by Gasteiger charge is -2.58. The summed E-state index contributed by atoms with van der Waals surface area (Å²) in [5.74, 6) is 0.272. The highest BCUT2D eigenvalue weighted by atomic mass is 16.5. The molecule has 2 amide bonds. The first-order valence-corrected chi connectivity index (χ1v) is 9.56. The topological polar surface area (TPSA) is 79.3 Å². The highest BCUT2D eigenvalue weighted by Gasteiger charge is 2.55. The average molecular weight is 396 g/mol. The van der Waals surface area contributed by atoms with Crippen LogP contribution in [-0.4, -0.2) is 67.9 Å². The number of para-hydroxylation sites is 1. The third-order valence-electron chi connectivity index (χ3n) is 5.80. The van der Waals surface area contributed by atoms with Crippen LogP contribution in [0.25, 0.3) is 0 Å². The molecule has 0 aromatic heterocycles. The highest BCUT2D eigenvalue weighted by molar-refractivity contribution is 6.07. The minimum atomic E-state index is -0.308. The summed E-state index contributed by atoms with van der Waals surface area (Å²) in [4.78, 5) is 29.3. The van der Waals surface area contributed by atoms with Crippen LogP contribution in [0.2, 0.25) is 0 Å². The lowest BCUT2D eigenvalue weighted by Crippen LogP contribution is -2.71. The van der Waals surface area contributed by atoms with Crippen LogP contribution in [-0.2, 0) is 9.53 Å². The van der Waals surface area contributed by atoms with Crippen molar-refractivity contribution in [2.24, 2.45) is 0 Å². The first-order valence-electron chi connectivity index (χ1n) is 9.56. The smallest absolute Gasteiger partial charge is 0.258 e. The number of hydrogen-bond donors (Lipinski definition) is 1. The van der Waals surface area contributed by atoms with Crippen LogP contribution in [0.5, 0.6) is 5.75 Å². The molecule has 0 saturated carbocycles. The zero-order chi connectivity index (χ0) is 20.5. The Kier molecular flexibility index (Phi) is 5.25. The van der Waals surface area contributed by atoms with E-state index >= 15 is 0 Å². The van der Waals surface area contributed by atoms with Gasteiger partial charge in [0.1, 0.15) is 12.4 Å². The van der Waals surface area contributed by atoms with Gasteiger partial charge in [0, 0.05) is 30.8 Å². The Morgan fingerprint density at radius 3 is 2.66 bits per heavy atom. The molecule has 7 nitrogen and oxygen atoms in total. The van der Waals surface area contributed by atoms with Crippen molar-refractivity contribution in [2.75, 3.05) is 38.9 Å². The van der Waals surface area contributed by atoms with Gasteiger partial charge in [-0.05, 0) is 29.8 Å². The van der Waals surface area contributed by atoms with Gasteiger partial charge in [0.05, 0.1) is 25.8 Å². The summed E-state index contributed by atoms with van der Waals surface area (Å²) in [6.45, 7) is 0.184. The first kappa shape index (κ1) is 19.4. The van der Waals surface area contributed by atoms with E-state index in [0.29, 0.717) is 17.9 Å². The van der Waals surface area contributed by atoms with Crippen LogP contribution in [0.1, 0.15) is 21.8 Å². The molecule has 0 spiro atoms. The van der Waals surface area contributed by atoms with E-state index in [0.717, 1.165) is 11.3 Å². The number of hydrogen-bond acceptors (Lipinski definition) is 5. The molecule has 152 valence electrons. The van der Waals surface area contributed by atoms with Crippen LogP contribution in [0.15, 0.2) is 48.5 Å². The molecule has 2 aromatic carbocycles. The second-order valence-corrected chi connectivity index (χ2v) is 7.28. The summed E-state index contributed by atoms with van der Waals surface area (Å²) >= 11 is 0. The van der Waals surface area contributed by atoms with Gasteiger partial charge in [-0.1, -0.05) is 24.3 Å². The number of aliphatic hydroxyl groups excluding tert-OH is 1. The molecule has 0 bridgehead atoms. The van der Waals surface area contributed by atoms with Crippen molar-refractivity contribution in [1.29, 1.82) is 0 Å². The summed E-state index contributed by atoms with van der Waals surface area (Å²) in [5, 5.41) is 9.92. The van der Waals surface area contributed by atoms with E-state index in [1.807, 2.05) is 24.3 Å². The van der Waals surface area contributed by atoms with E-state index in [9.17, 15) is 14.7 Å². The molecule has 3 atom stereocenters. The number of ether oxygens (including phenoxy) is 2. The molecule has 1 N–H and O–H groups in total. The number of methoxy groups -OCH3 is 2. The van der Waals surface area contributed by atoms with Gasteiger partial charge < -0.3 is 24.4 Å². The van der Waals surface area contributed by atoms with Crippen LogP contribution < -0.4 is 9.64 Å². The quantitative estimate of drug-likeness (QED) is 0.832. The molecule has 0 radical (unpaired) electrons. The van der Waals surface area contributed by atoms with E-state index in [-0.39, 0.29) is 43.0 Å². The Morgan fingerprint density at radius 1 is 1.14 bits per heavy atom. The third-order valence-corrected chi connectivity index (χ3v) is 5.80. The average Bonchev–Trinajstić information content (AvgIpc) is 2.74. The molecule has 4 rings (SSSR count). The predicted molar refractivity (Wildman–Crippen MR) is 107 cm³/mol. The maximum atomic E-state index is 13.4. The molecule has 0 aliphatic carbocycles. The number of fused-ring (bicyclic) bond motifs is 3. The maximum Gasteiger partial charge on any atom is 0.258 e. The number of carbonyl (C=O) groups excluding carboxylic acids is 2. The van der Waals surface area contributed by atoms with Gasteiger partial charge in [-0.25, -0.2) is 0 Å². The van der Waals surface area contributed by atoms with Gasteiger partial charge in [0.2, 0.25) is 5.91 Å². The molecule has 2 aromatic rings. The third kappa shape index (κ3) is 3.16. The Hall–Kier alpha value is -2.90. The van der Waals surface area contributed by atoms with E-state index in [1.165, 1.54) is 7.11 Å². The number of likely N-dealkylation sites (tertiary alicyclic amines) is 1. The molecule has 7 heteroatoms. The minimum Gasteiger partial charge on any atom is -0.497 e. The van der Waals surface area contributed by atoms with Gasteiger partial charge in [0.25, 0.3) is 5.91 Å². The van der Waals surface area contributed by atoms with Gasteiger partial charge >= 0.3 is 0 Å². The molecular formula is C22H24N2O5. The normalized spacial score (nSPS) is 22.4. The van der Waals surface area contributed by atoms with Crippen LogP contribution in [0.4, 0.5) is 5.69 Å². The van der Waals surface area contributed by atoms with Crippen molar-refractivity contribution in [3.63, 3.8) is 0 Å². The lowest BCUT2D eigenvalue weighted by molar-refractivity contribution is -0.154. The number of aliphatic hydroxyl groups is 1. The molecular weight excluding hydrogens is 372 g/mol. The molecule has 1 fully saturated rings. The molecule has 29 heavy (non-hydrogen) atoms. The van der Waals surface area contributed by atoms with E-state index in [2.05, 4.69) is 0 Å². The fraction of sp³-hybridized carbons (Fsp3) is 0.364. The minimum absolute atomic E-state index is 0.00799. The number of amides is 2. The van der Waals surface area contributed by atoms with Gasteiger partial charge in [-0.3, -0.25) is 9.59 Å². The monoisotopic (exact) mass is 396 g/mol. The lowest BCUT2D eigenvalue weighted by atomic mass is 9.71. The molecule has 2 aliphatic rings. The number of rotatable bonds is 5. The van der Waals surface area contributed by atoms with E-state index in [4.69, 9.17) is 9.47 Å². The van der Waals surface area contributed by atoms with Crippen molar-refractivity contribution < 1.29 is 24.2 Å². The fourth-order valence-corrected chi connectivity index (χ4v) is 4.54. The molecule has 2 aliphatic heterocycles. The van der Waals surface area contributed by atoms with Crippen molar-refractivity contribution >= 4 is 17.5 Å². The standard InChI is InChI=1S/C22H24N2O5/c1-28-13-20(26)24-18-11-23(22(27)14-6-5-7-15(10-14)29-2)17-9-4-3-8-16(17)21(18)19(24)12-25/h3-10,18-19,21,25H,11-13H2,1-2H3/t18-,19-,21+/m0/s1. The molecule has 0 unspecified atom stereocenters. The summed E-state index contributed by atoms with van der Waals surface area (Å²) in [5.41, 5.74) is 2.31. The summed E-state index contributed by atoms with van der Waals surface area (Å²) < 4.78 is 10.3. The molecule has 1 saturated heterocycles. The van der Waals surface area contributed by atoms with Gasteiger partial charge in [0.15, 0.2) is 0 Å². The van der Waals surface area contributed by atoms with Crippen molar-refractivity contribution in [3.05, 3.63) is 59.7 Å². The van der Waals surface area contributed by atoms with E-state index < -0.39 is 0 Å². The summed E-state index contributed by atoms with van der Waals surface area (Å²) in [7, 11) is 3.03. The van der Waals surface area contributed by atoms with Gasteiger partial charge in [-0.2, -0.15) is 0 Å². The second kappa shape index (κ2) is 7.85.